The second-order valence-electron chi connectivity index (χ2n) is 8.03. The smallest absolute Gasteiger partial charge is 0.317 e. The summed E-state index contributed by atoms with van der Waals surface area (Å²) in [6.07, 6.45) is 1.28. The fourth-order valence-corrected chi connectivity index (χ4v) is 3.49. The van der Waals surface area contributed by atoms with Crippen LogP contribution in [0, 0.1) is 12.8 Å². The van der Waals surface area contributed by atoms with Crippen molar-refractivity contribution in [2.24, 2.45) is 5.92 Å². The van der Waals surface area contributed by atoms with E-state index >= 15 is 0 Å². The van der Waals surface area contributed by atoms with Crippen molar-refractivity contribution in [1.29, 1.82) is 0 Å². The molecule has 0 saturated carbocycles. The average molecular weight is 419 g/mol. The molecule has 0 bridgehead atoms. The molecule has 0 aromatic heterocycles. The van der Waals surface area contributed by atoms with Gasteiger partial charge in [0, 0.05) is 38.3 Å². The highest BCUT2D eigenvalue weighted by molar-refractivity contribution is 5.97. The van der Waals surface area contributed by atoms with E-state index in [-0.39, 0.29) is 29.8 Å². The minimum atomic E-state index is -0.661. The molecule has 1 aliphatic rings. The van der Waals surface area contributed by atoms with E-state index in [0.29, 0.717) is 44.6 Å². The van der Waals surface area contributed by atoms with Crippen LogP contribution < -0.4 is 16.0 Å². The monoisotopic (exact) mass is 418 g/mol. The van der Waals surface area contributed by atoms with Crippen LogP contribution in [0.2, 0.25) is 0 Å². The third kappa shape index (κ3) is 7.02. The number of piperidine rings is 1. The van der Waals surface area contributed by atoms with Gasteiger partial charge in [0.05, 0.1) is 6.61 Å². The summed E-state index contributed by atoms with van der Waals surface area (Å²) in [5.41, 5.74) is 1.58. The van der Waals surface area contributed by atoms with Crippen molar-refractivity contribution >= 4 is 17.8 Å². The minimum Gasteiger partial charge on any atom is -0.383 e. The number of urea groups is 1. The average Bonchev–Trinajstić information content (AvgIpc) is 2.72. The maximum atomic E-state index is 12.8. The van der Waals surface area contributed by atoms with Crippen molar-refractivity contribution in [3.8, 4) is 0 Å². The number of rotatable bonds is 8. The molecular weight excluding hydrogens is 384 g/mol. The summed E-state index contributed by atoms with van der Waals surface area (Å²) in [7, 11) is 1.57. The van der Waals surface area contributed by atoms with Gasteiger partial charge in [0.2, 0.25) is 5.91 Å². The summed E-state index contributed by atoms with van der Waals surface area (Å²) < 4.78 is 5.00. The van der Waals surface area contributed by atoms with E-state index in [1.54, 1.807) is 24.1 Å². The van der Waals surface area contributed by atoms with Crippen molar-refractivity contribution in [2.45, 2.75) is 45.7 Å². The summed E-state index contributed by atoms with van der Waals surface area (Å²) in [6.45, 7) is 7.67. The lowest BCUT2D eigenvalue weighted by Gasteiger charge is -2.36. The number of nitrogens with one attached hydrogen (secondary N) is 3. The van der Waals surface area contributed by atoms with Crippen molar-refractivity contribution in [1.82, 2.24) is 20.9 Å². The molecule has 0 radical (unpaired) electrons. The number of hydrogen-bond acceptors (Lipinski definition) is 4. The number of nitrogens with zero attached hydrogens (tertiary/aromatic N) is 1. The number of carbonyl (C=O) groups is 3. The number of hydrogen-bond donors (Lipinski definition) is 3. The Morgan fingerprint density at radius 3 is 2.30 bits per heavy atom. The zero-order valence-corrected chi connectivity index (χ0v) is 18.4. The van der Waals surface area contributed by atoms with Crippen molar-refractivity contribution in [3.63, 3.8) is 0 Å². The number of benzene rings is 1. The Balaban J connectivity index is 2.04. The van der Waals surface area contributed by atoms with Crippen LogP contribution in [-0.2, 0) is 9.53 Å². The molecule has 1 aliphatic heterocycles. The van der Waals surface area contributed by atoms with Crippen molar-refractivity contribution < 1.29 is 19.1 Å². The zero-order valence-electron chi connectivity index (χ0n) is 18.4. The first-order chi connectivity index (χ1) is 14.3. The minimum absolute atomic E-state index is 0.0509. The third-order valence-corrected chi connectivity index (χ3v) is 5.20. The molecule has 1 fully saturated rings. The number of amides is 4. The molecule has 8 nitrogen and oxygen atoms in total. The van der Waals surface area contributed by atoms with Gasteiger partial charge in [-0.15, -0.1) is 0 Å². The quantitative estimate of drug-likeness (QED) is 0.560. The predicted octanol–water partition coefficient (Wildman–Crippen LogP) is 1.69. The normalized spacial score (nSPS) is 15.6. The van der Waals surface area contributed by atoms with Gasteiger partial charge in [-0.3, -0.25) is 9.59 Å². The van der Waals surface area contributed by atoms with Gasteiger partial charge in [-0.05, 0) is 51.7 Å². The van der Waals surface area contributed by atoms with E-state index in [0.717, 1.165) is 5.56 Å². The maximum Gasteiger partial charge on any atom is 0.317 e. The number of carbonyl (C=O) groups excluding carboxylic acids is 3. The van der Waals surface area contributed by atoms with Gasteiger partial charge in [-0.1, -0.05) is 17.7 Å². The molecule has 30 heavy (non-hydrogen) atoms. The molecule has 4 amide bonds. The van der Waals surface area contributed by atoms with Crippen molar-refractivity contribution in [2.75, 3.05) is 33.4 Å². The first-order valence-corrected chi connectivity index (χ1v) is 10.5. The third-order valence-electron chi connectivity index (χ3n) is 5.20. The molecule has 1 aromatic carbocycles. The van der Waals surface area contributed by atoms with Crippen molar-refractivity contribution in [3.05, 3.63) is 35.4 Å². The molecule has 8 heteroatoms. The highest BCUT2D eigenvalue weighted by Crippen LogP contribution is 2.22. The van der Waals surface area contributed by atoms with Gasteiger partial charge >= 0.3 is 6.03 Å². The summed E-state index contributed by atoms with van der Waals surface area (Å²) in [4.78, 5) is 39.6. The highest BCUT2D eigenvalue weighted by atomic mass is 16.5. The topological polar surface area (TPSA) is 99.8 Å². The van der Waals surface area contributed by atoms with Crippen LogP contribution in [-0.4, -0.2) is 68.2 Å². The van der Waals surface area contributed by atoms with Gasteiger partial charge in [0.1, 0.15) is 6.04 Å². The van der Waals surface area contributed by atoms with Crippen LogP contribution in [0.5, 0.6) is 0 Å². The molecule has 1 unspecified atom stereocenters. The van der Waals surface area contributed by atoms with Gasteiger partial charge in [-0.25, -0.2) is 4.79 Å². The Morgan fingerprint density at radius 1 is 1.10 bits per heavy atom. The standard InChI is InChI=1S/C22H34N4O4/c1-15(2)24-22(29)26-12-9-17(10-13-26)19(21(28)23-11-14-30-4)25-20(27)18-7-5-16(3)6-8-18/h5-8,15,17,19H,9-14H2,1-4H3,(H,23,28)(H,24,29)(H,25,27). The van der Waals surface area contributed by atoms with E-state index in [1.165, 1.54) is 0 Å². The fraction of sp³-hybridized carbons (Fsp3) is 0.591. The lowest BCUT2D eigenvalue weighted by Crippen LogP contribution is -2.55. The Labute approximate surface area is 178 Å². The number of ether oxygens (including phenoxy) is 1. The van der Waals surface area contributed by atoms with Crippen LogP contribution in [0.25, 0.3) is 0 Å². The highest BCUT2D eigenvalue weighted by Gasteiger charge is 2.34. The lowest BCUT2D eigenvalue weighted by molar-refractivity contribution is -0.124. The number of aryl methyl sites for hydroxylation is 1. The Hall–Kier alpha value is -2.61. The summed E-state index contributed by atoms with van der Waals surface area (Å²) in [6, 6.07) is 6.57. The first-order valence-electron chi connectivity index (χ1n) is 10.5. The van der Waals surface area contributed by atoms with Gasteiger partial charge < -0.3 is 25.6 Å². The maximum absolute atomic E-state index is 12.8. The van der Waals surface area contributed by atoms with Crippen LogP contribution in [0.4, 0.5) is 4.79 Å². The summed E-state index contributed by atoms with van der Waals surface area (Å²) in [5.74, 6) is -0.551. The lowest BCUT2D eigenvalue weighted by atomic mass is 9.88. The second-order valence-corrected chi connectivity index (χ2v) is 8.03. The molecule has 1 saturated heterocycles. The molecule has 2 rings (SSSR count). The molecule has 1 atom stereocenters. The molecule has 3 N–H and O–H groups in total. The van der Waals surface area contributed by atoms with Crippen LogP contribution in [0.15, 0.2) is 24.3 Å². The Morgan fingerprint density at radius 2 is 1.73 bits per heavy atom. The first kappa shape index (κ1) is 23.7. The van der Waals surface area contributed by atoms with E-state index in [9.17, 15) is 14.4 Å². The van der Waals surface area contributed by atoms with Gasteiger partial charge in [-0.2, -0.15) is 0 Å². The molecule has 1 heterocycles. The Bertz CT molecular complexity index is 712. The number of methoxy groups -OCH3 is 1. The summed E-state index contributed by atoms with van der Waals surface area (Å²) in [5, 5.41) is 8.65. The summed E-state index contributed by atoms with van der Waals surface area (Å²) >= 11 is 0. The van der Waals surface area contributed by atoms with Crippen LogP contribution in [0.3, 0.4) is 0 Å². The molecule has 166 valence electrons. The Kier molecular flexibility index (Phi) is 9.11. The molecule has 0 spiro atoms. The van der Waals surface area contributed by atoms with E-state index in [4.69, 9.17) is 4.74 Å². The SMILES string of the molecule is COCCNC(=O)C(NC(=O)c1ccc(C)cc1)C1CCN(C(=O)NC(C)C)CC1. The molecule has 1 aromatic rings. The zero-order chi connectivity index (χ0) is 22.1. The van der Waals surface area contributed by atoms with Gasteiger partial charge in [0.25, 0.3) is 5.91 Å². The van der Waals surface area contributed by atoms with Crippen LogP contribution >= 0.6 is 0 Å². The van der Waals surface area contributed by atoms with E-state index in [1.807, 2.05) is 32.9 Å². The molecule has 0 aliphatic carbocycles. The van der Waals surface area contributed by atoms with E-state index in [2.05, 4.69) is 16.0 Å². The fourth-order valence-electron chi connectivity index (χ4n) is 3.49. The van der Waals surface area contributed by atoms with Gasteiger partial charge in [0.15, 0.2) is 0 Å². The van der Waals surface area contributed by atoms with E-state index < -0.39 is 6.04 Å². The second kappa shape index (κ2) is 11.5. The number of likely N-dealkylation sites (tertiary alicyclic amines) is 1. The molecular formula is C22H34N4O4. The predicted molar refractivity (Wildman–Crippen MR) is 115 cm³/mol. The largest absolute Gasteiger partial charge is 0.383 e. The van der Waals surface area contributed by atoms with Crippen LogP contribution in [0.1, 0.15) is 42.6 Å².